The van der Waals surface area contributed by atoms with Gasteiger partial charge >= 0.3 is 0 Å². The molecule has 2 aliphatic rings. The highest BCUT2D eigenvalue weighted by Crippen LogP contribution is 2.29. The van der Waals surface area contributed by atoms with Crippen molar-refractivity contribution in [2.75, 3.05) is 60.2 Å². The third-order valence-electron chi connectivity index (χ3n) is 4.71. The molecular formula is C15H30IN3O3. The summed E-state index contributed by atoms with van der Waals surface area (Å²) in [5, 5.41) is 13.2. The highest BCUT2D eigenvalue weighted by molar-refractivity contribution is 14.0. The molecule has 2 N–H and O–H groups in total. The van der Waals surface area contributed by atoms with Crippen LogP contribution in [0.1, 0.15) is 19.3 Å². The van der Waals surface area contributed by atoms with Crippen molar-refractivity contribution < 1.29 is 14.6 Å². The van der Waals surface area contributed by atoms with E-state index in [-0.39, 0.29) is 36.0 Å². The van der Waals surface area contributed by atoms with Gasteiger partial charge in [0.05, 0.1) is 13.2 Å². The molecule has 0 aromatic heterocycles. The molecule has 2 rings (SSSR count). The number of likely N-dealkylation sites (tertiary alicyclic amines) is 1. The monoisotopic (exact) mass is 427 g/mol. The first-order chi connectivity index (χ1) is 10.2. The molecule has 0 aliphatic carbocycles. The predicted molar refractivity (Wildman–Crippen MR) is 97.9 cm³/mol. The summed E-state index contributed by atoms with van der Waals surface area (Å²) in [5.41, 5.74) is -0.0696. The van der Waals surface area contributed by atoms with Gasteiger partial charge in [-0.3, -0.25) is 4.99 Å². The molecule has 2 aliphatic heterocycles. The van der Waals surface area contributed by atoms with E-state index in [0.29, 0.717) is 5.92 Å². The average Bonchev–Trinajstić information content (AvgIpc) is 2.98. The third kappa shape index (κ3) is 5.21. The van der Waals surface area contributed by atoms with Crippen LogP contribution in [0.4, 0.5) is 0 Å². The summed E-state index contributed by atoms with van der Waals surface area (Å²) < 4.78 is 10.6. The lowest BCUT2D eigenvalue weighted by atomic mass is 9.81. The third-order valence-corrected chi connectivity index (χ3v) is 4.71. The fraction of sp³-hybridized carbons (Fsp3) is 0.933. The predicted octanol–water partition coefficient (Wildman–Crippen LogP) is 0.937. The normalized spacial score (nSPS) is 25.0. The quantitative estimate of drug-likeness (QED) is 0.389. The summed E-state index contributed by atoms with van der Waals surface area (Å²) in [7, 11) is 3.58. The van der Waals surface area contributed by atoms with Gasteiger partial charge in [0.25, 0.3) is 0 Å². The maximum atomic E-state index is 9.74. The van der Waals surface area contributed by atoms with Gasteiger partial charge in [0.2, 0.25) is 0 Å². The van der Waals surface area contributed by atoms with Crippen LogP contribution in [0.25, 0.3) is 0 Å². The molecular weight excluding hydrogens is 397 g/mol. The van der Waals surface area contributed by atoms with E-state index < -0.39 is 0 Å². The summed E-state index contributed by atoms with van der Waals surface area (Å²) in [6.07, 6.45) is 2.95. The largest absolute Gasteiger partial charge is 0.396 e. The van der Waals surface area contributed by atoms with Crippen molar-refractivity contribution >= 4 is 29.9 Å². The van der Waals surface area contributed by atoms with Gasteiger partial charge in [-0.05, 0) is 19.3 Å². The van der Waals surface area contributed by atoms with Crippen LogP contribution < -0.4 is 5.32 Å². The Hall–Kier alpha value is -0.120. The molecule has 6 nitrogen and oxygen atoms in total. The summed E-state index contributed by atoms with van der Waals surface area (Å²) in [4.78, 5) is 6.68. The number of methoxy groups -OCH3 is 1. The van der Waals surface area contributed by atoms with Gasteiger partial charge in [-0.1, -0.05) is 0 Å². The van der Waals surface area contributed by atoms with Gasteiger partial charge in [0.15, 0.2) is 5.96 Å². The Balaban J connectivity index is 0.00000242. The fourth-order valence-corrected chi connectivity index (χ4v) is 3.19. The van der Waals surface area contributed by atoms with E-state index in [1.165, 1.54) is 0 Å². The highest BCUT2D eigenvalue weighted by Gasteiger charge is 2.33. The Morgan fingerprint density at radius 1 is 1.45 bits per heavy atom. The molecule has 130 valence electrons. The minimum absolute atomic E-state index is 0. The lowest BCUT2D eigenvalue weighted by Gasteiger charge is -2.36. The number of halogens is 1. The van der Waals surface area contributed by atoms with E-state index in [1.54, 1.807) is 7.11 Å². The lowest BCUT2D eigenvalue weighted by Crippen LogP contribution is -2.48. The molecule has 22 heavy (non-hydrogen) atoms. The summed E-state index contributed by atoms with van der Waals surface area (Å²) in [5.74, 6) is 1.52. The fourth-order valence-electron chi connectivity index (χ4n) is 3.19. The lowest BCUT2D eigenvalue weighted by molar-refractivity contribution is -0.0134. The van der Waals surface area contributed by atoms with Crippen LogP contribution in [-0.4, -0.2) is 76.2 Å². The molecule has 2 heterocycles. The topological polar surface area (TPSA) is 66.3 Å². The second kappa shape index (κ2) is 9.89. The number of nitrogens with one attached hydrogen (secondary N) is 1. The van der Waals surface area contributed by atoms with Crippen LogP contribution in [0.15, 0.2) is 4.99 Å². The van der Waals surface area contributed by atoms with Crippen molar-refractivity contribution in [1.82, 2.24) is 10.2 Å². The first-order valence-corrected chi connectivity index (χ1v) is 7.86. The van der Waals surface area contributed by atoms with Crippen LogP contribution in [0, 0.1) is 11.3 Å². The number of aliphatic hydroxyl groups excluding tert-OH is 1. The summed E-state index contributed by atoms with van der Waals surface area (Å²) in [6.45, 7) is 5.25. The highest BCUT2D eigenvalue weighted by atomic mass is 127. The van der Waals surface area contributed by atoms with Crippen LogP contribution in [-0.2, 0) is 9.47 Å². The second-order valence-corrected chi connectivity index (χ2v) is 6.23. The molecule has 0 radical (unpaired) electrons. The maximum absolute atomic E-state index is 9.74. The number of aliphatic imine (C=N–C) groups is 1. The molecule has 0 amide bonds. The molecule has 0 aromatic carbocycles. The smallest absolute Gasteiger partial charge is 0.193 e. The summed E-state index contributed by atoms with van der Waals surface area (Å²) in [6, 6.07) is 0. The van der Waals surface area contributed by atoms with Gasteiger partial charge in [-0.2, -0.15) is 0 Å². The van der Waals surface area contributed by atoms with Crippen molar-refractivity contribution in [2.24, 2.45) is 16.3 Å². The zero-order chi connectivity index (χ0) is 15.1. The van der Waals surface area contributed by atoms with E-state index in [0.717, 1.165) is 64.7 Å². The number of ether oxygens (including phenoxy) is 2. The van der Waals surface area contributed by atoms with Crippen molar-refractivity contribution in [2.45, 2.75) is 19.3 Å². The Morgan fingerprint density at radius 3 is 2.77 bits per heavy atom. The van der Waals surface area contributed by atoms with Crippen LogP contribution in [0.2, 0.25) is 0 Å². The maximum Gasteiger partial charge on any atom is 0.193 e. The Morgan fingerprint density at radius 2 is 2.18 bits per heavy atom. The van der Waals surface area contributed by atoms with E-state index in [9.17, 15) is 5.11 Å². The van der Waals surface area contributed by atoms with E-state index in [2.05, 4.69) is 15.2 Å². The molecule has 1 unspecified atom stereocenters. The number of nitrogens with zero attached hydrogens (tertiary/aromatic N) is 2. The van der Waals surface area contributed by atoms with Crippen LogP contribution >= 0.6 is 24.0 Å². The van der Waals surface area contributed by atoms with Gasteiger partial charge < -0.3 is 24.8 Å². The number of guanidine groups is 1. The molecule has 2 saturated heterocycles. The Kier molecular flexibility index (Phi) is 8.96. The molecule has 2 fully saturated rings. The van der Waals surface area contributed by atoms with Crippen molar-refractivity contribution in [3.05, 3.63) is 0 Å². The summed E-state index contributed by atoms with van der Waals surface area (Å²) >= 11 is 0. The van der Waals surface area contributed by atoms with E-state index >= 15 is 0 Å². The molecule has 0 spiro atoms. The zero-order valence-corrected chi connectivity index (χ0v) is 16.0. The minimum Gasteiger partial charge on any atom is -0.396 e. The van der Waals surface area contributed by atoms with E-state index in [4.69, 9.17) is 9.47 Å². The second-order valence-electron chi connectivity index (χ2n) is 6.23. The van der Waals surface area contributed by atoms with Gasteiger partial charge in [-0.25, -0.2) is 0 Å². The Labute approximate surface area is 150 Å². The number of hydrogen-bond donors (Lipinski definition) is 2. The molecule has 0 saturated carbocycles. The number of hydrogen-bond acceptors (Lipinski definition) is 4. The van der Waals surface area contributed by atoms with E-state index in [1.807, 2.05) is 7.05 Å². The Bertz CT molecular complexity index is 349. The first-order valence-electron chi connectivity index (χ1n) is 7.86. The zero-order valence-electron chi connectivity index (χ0n) is 13.7. The average molecular weight is 427 g/mol. The molecule has 1 atom stereocenters. The van der Waals surface area contributed by atoms with Crippen LogP contribution in [0.3, 0.4) is 0 Å². The van der Waals surface area contributed by atoms with Gasteiger partial charge in [0, 0.05) is 58.3 Å². The minimum atomic E-state index is -0.0696. The SMILES string of the molecule is CN=C(NCC1(CO)CCOCC1)N1CCC(COC)C1.I. The number of rotatable bonds is 5. The first kappa shape index (κ1) is 19.9. The number of aliphatic hydroxyl groups is 1. The molecule has 7 heteroatoms. The van der Waals surface area contributed by atoms with Crippen molar-refractivity contribution in [3.8, 4) is 0 Å². The van der Waals surface area contributed by atoms with Gasteiger partial charge in [-0.15, -0.1) is 24.0 Å². The van der Waals surface area contributed by atoms with Crippen LogP contribution in [0.5, 0.6) is 0 Å². The van der Waals surface area contributed by atoms with Gasteiger partial charge in [0.1, 0.15) is 0 Å². The van der Waals surface area contributed by atoms with Crippen molar-refractivity contribution in [1.29, 1.82) is 0 Å². The van der Waals surface area contributed by atoms with Crippen molar-refractivity contribution in [3.63, 3.8) is 0 Å². The molecule has 0 bridgehead atoms. The standard InChI is InChI=1S/C15H29N3O3.HI/c1-16-14(18-6-3-13(9-18)10-20-2)17-11-15(12-19)4-7-21-8-5-15;/h13,19H,3-12H2,1-2H3,(H,16,17);1H. The molecule has 0 aromatic rings.